The van der Waals surface area contributed by atoms with Crippen molar-refractivity contribution in [3.8, 4) is 16.8 Å². The van der Waals surface area contributed by atoms with E-state index in [9.17, 15) is 4.79 Å². The van der Waals surface area contributed by atoms with Crippen molar-refractivity contribution in [3.05, 3.63) is 74.7 Å². The van der Waals surface area contributed by atoms with E-state index in [1.807, 2.05) is 12.1 Å². The number of anilines is 1. The van der Waals surface area contributed by atoms with Crippen LogP contribution in [0, 0.1) is 0 Å². The molecule has 3 heterocycles. The highest BCUT2D eigenvalue weighted by Gasteiger charge is 2.14. The van der Waals surface area contributed by atoms with Gasteiger partial charge in [-0.1, -0.05) is 23.7 Å². The molecule has 0 atom stereocenters. The summed E-state index contributed by atoms with van der Waals surface area (Å²) in [5.41, 5.74) is 4.14. The summed E-state index contributed by atoms with van der Waals surface area (Å²) < 4.78 is 2.37. The second kappa shape index (κ2) is 7.93. The normalized spacial score (nSPS) is 14.4. The van der Waals surface area contributed by atoms with Gasteiger partial charge in [-0.05, 0) is 65.0 Å². The number of nitrogens with zero attached hydrogens (tertiary/aromatic N) is 3. The van der Waals surface area contributed by atoms with Crippen molar-refractivity contribution < 1.29 is 0 Å². The van der Waals surface area contributed by atoms with Crippen molar-refractivity contribution in [2.24, 2.45) is 0 Å². The Hall–Kier alpha value is -2.57. The van der Waals surface area contributed by atoms with Gasteiger partial charge in [0.2, 0.25) is 5.43 Å². The fourth-order valence-corrected chi connectivity index (χ4v) is 4.62. The molecule has 0 aliphatic carbocycles. The van der Waals surface area contributed by atoms with Crippen LogP contribution in [-0.2, 0) is 0 Å². The largest absolute Gasteiger partial charge is 0.372 e. The zero-order valence-electron chi connectivity index (χ0n) is 16.2. The molecule has 1 N–H and O–H groups in total. The minimum Gasteiger partial charge on any atom is -0.372 e. The zero-order chi connectivity index (χ0) is 20.7. The van der Waals surface area contributed by atoms with Gasteiger partial charge in [0.15, 0.2) is 0 Å². The van der Waals surface area contributed by atoms with Gasteiger partial charge in [-0.15, -0.1) is 0 Å². The Morgan fingerprint density at radius 2 is 1.83 bits per heavy atom. The first-order valence-corrected chi connectivity index (χ1v) is 11.2. The number of aromatic amines is 1. The Bertz CT molecular complexity index is 1270. The Morgan fingerprint density at radius 1 is 1.07 bits per heavy atom. The second-order valence-electron chi connectivity index (χ2n) is 7.58. The number of halogens is 2. The number of H-pyrrole nitrogens is 1. The van der Waals surface area contributed by atoms with Gasteiger partial charge in [0.25, 0.3) is 0 Å². The van der Waals surface area contributed by atoms with Crippen LogP contribution in [0.3, 0.4) is 0 Å². The molecule has 0 spiro atoms. The number of nitrogens with one attached hydrogen (secondary N) is 1. The Kier molecular flexibility index (Phi) is 5.13. The third kappa shape index (κ3) is 3.55. The van der Waals surface area contributed by atoms with Gasteiger partial charge in [0.05, 0.1) is 21.2 Å². The molecule has 4 aromatic rings. The Labute approximate surface area is 187 Å². The molecule has 0 saturated carbocycles. The van der Waals surface area contributed by atoms with Crippen LogP contribution in [0.4, 0.5) is 5.69 Å². The van der Waals surface area contributed by atoms with Crippen molar-refractivity contribution in [1.82, 2.24) is 14.8 Å². The first kappa shape index (κ1) is 19.4. The van der Waals surface area contributed by atoms with Gasteiger partial charge < -0.3 is 9.88 Å². The standard InChI is InChI=1S/C23H20BrClN4O/c24-16-12-27-29(14-16)22-13-26-21-11-20(25)18(10-19(21)23(22)30)15-4-6-17(7-5-15)28-8-2-1-3-9-28/h4-7,10-14H,1-3,8-9H2,(H,26,30). The lowest BCUT2D eigenvalue weighted by molar-refractivity contribution is 0.578. The fraction of sp³-hybridized carbons (Fsp3) is 0.217. The number of pyridine rings is 1. The van der Waals surface area contributed by atoms with Gasteiger partial charge in [0.1, 0.15) is 5.69 Å². The minimum absolute atomic E-state index is 0.0952. The highest BCUT2D eigenvalue weighted by Crippen LogP contribution is 2.32. The van der Waals surface area contributed by atoms with E-state index < -0.39 is 0 Å². The smallest absolute Gasteiger partial charge is 0.215 e. The highest BCUT2D eigenvalue weighted by atomic mass is 79.9. The lowest BCUT2D eigenvalue weighted by Crippen LogP contribution is -2.29. The van der Waals surface area contributed by atoms with E-state index in [0.29, 0.717) is 21.6 Å². The van der Waals surface area contributed by atoms with Crippen LogP contribution in [0.25, 0.3) is 27.7 Å². The molecule has 0 amide bonds. The summed E-state index contributed by atoms with van der Waals surface area (Å²) in [4.78, 5) is 18.7. The average molecular weight is 484 g/mol. The summed E-state index contributed by atoms with van der Waals surface area (Å²) >= 11 is 9.96. The van der Waals surface area contributed by atoms with E-state index in [4.69, 9.17) is 11.6 Å². The maximum Gasteiger partial charge on any atom is 0.215 e. The number of aromatic nitrogens is 3. The molecular formula is C23H20BrClN4O. The van der Waals surface area contributed by atoms with Crippen molar-refractivity contribution in [3.63, 3.8) is 0 Å². The molecule has 0 radical (unpaired) electrons. The second-order valence-corrected chi connectivity index (χ2v) is 8.90. The number of rotatable bonds is 3. The molecule has 1 saturated heterocycles. The number of benzene rings is 2. The van der Waals surface area contributed by atoms with Gasteiger partial charge >= 0.3 is 0 Å². The average Bonchev–Trinajstić information content (AvgIpc) is 3.20. The number of hydrogen-bond donors (Lipinski definition) is 1. The summed E-state index contributed by atoms with van der Waals surface area (Å²) in [5, 5.41) is 5.42. The maximum atomic E-state index is 13.1. The summed E-state index contributed by atoms with van der Waals surface area (Å²) in [5.74, 6) is 0. The number of fused-ring (bicyclic) bond motifs is 1. The van der Waals surface area contributed by atoms with Gasteiger partial charge in [-0.2, -0.15) is 5.10 Å². The van der Waals surface area contributed by atoms with E-state index in [1.165, 1.54) is 24.9 Å². The molecule has 7 heteroatoms. The third-order valence-corrected chi connectivity index (χ3v) is 6.37. The van der Waals surface area contributed by atoms with Crippen molar-refractivity contribution >= 4 is 44.1 Å². The SMILES string of the molecule is O=c1c(-n2cc(Br)cn2)c[nH]c2cc(Cl)c(-c3ccc(N4CCCCC4)cc3)cc12. The predicted octanol–water partition coefficient (Wildman–Crippen LogP) is 5.79. The monoisotopic (exact) mass is 482 g/mol. The Balaban J connectivity index is 1.56. The molecule has 0 unspecified atom stereocenters. The number of piperidine rings is 1. The van der Waals surface area contributed by atoms with Crippen LogP contribution in [0.2, 0.25) is 5.02 Å². The van der Waals surface area contributed by atoms with Crippen LogP contribution in [0.5, 0.6) is 0 Å². The molecule has 152 valence electrons. The van der Waals surface area contributed by atoms with E-state index >= 15 is 0 Å². The summed E-state index contributed by atoms with van der Waals surface area (Å²) in [6, 6.07) is 12.1. The van der Waals surface area contributed by atoms with E-state index in [1.54, 1.807) is 23.3 Å². The molecule has 5 nitrogen and oxygen atoms in total. The van der Waals surface area contributed by atoms with Gasteiger partial charge in [-0.3, -0.25) is 4.79 Å². The summed E-state index contributed by atoms with van der Waals surface area (Å²) in [7, 11) is 0. The zero-order valence-corrected chi connectivity index (χ0v) is 18.6. The third-order valence-electron chi connectivity index (χ3n) is 5.65. The molecule has 1 fully saturated rings. The minimum atomic E-state index is -0.0952. The van der Waals surface area contributed by atoms with Crippen LogP contribution < -0.4 is 10.3 Å². The predicted molar refractivity (Wildman–Crippen MR) is 126 cm³/mol. The summed E-state index contributed by atoms with van der Waals surface area (Å²) in [6.45, 7) is 2.22. The maximum absolute atomic E-state index is 13.1. The quantitative estimate of drug-likeness (QED) is 0.401. The fourth-order valence-electron chi connectivity index (χ4n) is 4.06. The lowest BCUT2D eigenvalue weighted by atomic mass is 10.0. The van der Waals surface area contributed by atoms with Crippen molar-refractivity contribution in [2.45, 2.75) is 19.3 Å². The van der Waals surface area contributed by atoms with Crippen LogP contribution in [0.1, 0.15) is 19.3 Å². The van der Waals surface area contributed by atoms with E-state index in [0.717, 1.165) is 28.7 Å². The lowest BCUT2D eigenvalue weighted by Gasteiger charge is -2.28. The number of hydrogen-bond acceptors (Lipinski definition) is 3. The first-order chi connectivity index (χ1) is 14.6. The molecule has 2 aromatic heterocycles. The molecule has 30 heavy (non-hydrogen) atoms. The topological polar surface area (TPSA) is 53.9 Å². The molecule has 0 bridgehead atoms. The molecule has 1 aliphatic rings. The molecular weight excluding hydrogens is 464 g/mol. The highest BCUT2D eigenvalue weighted by molar-refractivity contribution is 9.10. The van der Waals surface area contributed by atoms with Crippen LogP contribution in [-0.4, -0.2) is 27.9 Å². The van der Waals surface area contributed by atoms with Crippen LogP contribution >= 0.6 is 27.5 Å². The van der Waals surface area contributed by atoms with Crippen molar-refractivity contribution in [2.75, 3.05) is 18.0 Å². The van der Waals surface area contributed by atoms with E-state index in [2.05, 4.69) is 55.2 Å². The van der Waals surface area contributed by atoms with Crippen molar-refractivity contribution in [1.29, 1.82) is 0 Å². The van der Waals surface area contributed by atoms with Gasteiger partial charge in [-0.25, -0.2) is 4.68 Å². The molecule has 2 aromatic carbocycles. The van der Waals surface area contributed by atoms with Crippen LogP contribution in [0.15, 0.2) is 64.3 Å². The molecule has 5 rings (SSSR count). The Morgan fingerprint density at radius 3 is 2.53 bits per heavy atom. The first-order valence-electron chi connectivity index (χ1n) is 10.0. The molecule has 1 aliphatic heterocycles. The summed E-state index contributed by atoms with van der Waals surface area (Å²) in [6.07, 6.45) is 8.88. The van der Waals surface area contributed by atoms with Gasteiger partial charge in [0, 0.05) is 42.1 Å². The van der Waals surface area contributed by atoms with E-state index in [-0.39, 0.29) is 5.43 Å².